The van der Waals surface area contributed by atoms with Crippen LogP contribution in [0.25, 0.3) is 0 Å². The number of carbonyl (C=O) groups is 1. The molecule has 0 unspecified atom stereocenters. The van der Waals surface area contributed by atoms with Crippen LogP contribution in [0, 0.1) is 0 Å². The van der Waals surface area contributed by atoms with Crippen LogP contribution in [0.2, 0.25) is 5.02 Å². The van der Waals surface area contributed by atoms with Crippen LogP contribution < -0.4 is 0 Å². The average Bonchev–Trinajstić information content (AvgIpc) is 3.24. The Hall–Kier alpha value is -0.910. The van der Waals surface area contributed by atoms with E-state index in [-0.39, 0.29) is 5.78 Å². The highest BCUT2D eigenvalue weighted by Gasteiger charge is 2.33. The molecule has 0 bridgehead atoms. The molecule has 2 aromatic rings. The molecular weight excluding hydrogens is 338 g/mol. The second-order valence-corrected chi connectivity index (χ2v) is 7.34. The summed E-state index contributed by atoms with van der Waals surface area (Å²) < 4.78 is 5.30. The van der Waals surface area contributed by atoms with Crippen molar-refractivity contribution in [1.82, 2.24) is 5.16 Å². The van der Waals surface area contributed by atoms with Gasteiger partial charge in [0.2, 0.25) is 0 Å². The molecule has 1 aliphatic carbocycles. The number of thioether (sulfide) groups is 2. The van der Waals surface area contributed by atoms with Crippen LogP contribution >= 0.6 is 35.1 Å². The number of nitrogens with zero attached hydrogens (tertiary/aromatic N) is 1. The number of aromatic nitrogens is 1. The predicted octanol–water partition coefficient (Wildman–Crippen LogP) is 5.02. The summed E-state index contributed by atoms with van der Waals surface area (Å²) in [5.41, 5.74) is 2.30. The van der Waals surface area contributed by atoms with E-state index in [4.69, 9.17) is 16.1 Å². The lowest BCUT2D eigenvalue weighted by Crippen LogP contribution is -2.07. The molecule has 1 fully saturated rings. The summed E-state index contributed by atoms with van der Waals surface area (Å²) in [6, 6.07) is 3.62. The van der Waals surface area contributed by atoms with Crippen LogP contribution in [0.15, 0.2) is 27.7 Å². The van der Waals surface area contributed by atoms with Crippen molar-refractivity contribution >= 4 is 40.9 Å². The second-order valence-electron chi connectivity index (χ2n) is 5.25. The van der Waals surface area contributed by atoms with E-state index < -0.39 is 0 Å². The molecule has 0 N–H and O–H groups in total. The highest BCUT2D eigenvalue weighted by molar-refractivity contribution is 7.99. The molecule has 6 heteroatoms. The quantitative estimate of drug-likeness (QED) is 0.538. The number of hydrogen-bond donors (Lipinski definition) is 0. The fourth-order valence-corrected chi connectivity index (χ4v) is 4.30. The van der Waals surface area contributed by atoms with Crippen molar-refractivity contribution in [3.63, 3.8) is 0 Å². The largest absolute Gasteiger partial charge is 0.360 e. The van der Waals surface area contributed by atoms with Crippen LogP contribution in [0.3, 0.4) is 0 Å². The van der Waals surface area contributed by atoms with Gasteiger partial charge in [0.05, 0.1) is 16.8 Å². The van der Waals surface area contributed by atoms with Gasteiger partial charge in [-0.2, -0.15) is 11.8 Å². The van der Waals surface area contributed by atoms with Gasteiger partial charge in [-0.15, -0.1) is 11.8 Å². The smallest absolute Gasteiger partial charge is 0.198 e. The normalized spacial score (nSPS) is 14.3. The fraction of sp³-hybridized carbons (Fsp3) is 0.375. The molecule has 0 saturated heterocycles. The summed E-state index contributed by atoms with van der Waals surface area (Å²) >= 11 is 9.54. The summed E-state index contributed by atoms with van der Waals surface area (Å²) in [7, 11) is 0. The topological polar surface area (TPSA) is 43.1 Å². The average molecular weight is 354 g/mol. The van der Waals surface area contributed by atoms with Gasteiger partial charge in [-0.3, -0.25) is 4.79 Å². The molecule has 0 radical (unpaired) electrons. The molecule has 1 aliphatic rings. The van der Waals surface area contributed by atoms with E-state index in [9.17, 15) is 4.79 Å². The maximum absolute atomic E-state index is 13.0. The van der Waals surface area contributed by atoms with Crippen molar-refractivity contribution in [2.75, 3.05) is 12.5 Å². The zero-order valence-corrected chi connectivity index (χ0v) is 14.8. The molecular formula is C16H16ClNO2S2. The molecule has 1 saturated carbocycles. The number of halogens is 1. The van der Waals surface area contributed by atoms with Gasteiger partial charge in [0, 0.05) is 22.1 Å². The lowest BCUT2D eigenvalue weighted by Gasteiger charge is -2.13. The molecule has 1 heterocycles. The number of ketones is 1. The summed E-state index contributed by atoms with van der Waals surface area (Å²) in [6.45, 7) is 0. The van der Waals surface area contributed by atoms with Gasteiger partial charge in [-0.1, -0.05) is 16.8 Å². The Bertz CT molecular complexity index is 710. The lowest BCUT2D eigenvalue weighted by molar-refractivity contribution is 0.103. The van der Waals surface area contributed by atoms with E-state index in [1.165, 1.54) is 0 Å². The van der Waals surface area contributed by atoms with E-state index >= 15 is 0 Å². The van der Waals surface area contributed by atoms with Crippen molar-refractivity contribution in [2.24, 2.45) is 0 Å². The first kappa shape index (κ1) is 16.0. The first-order valence-electron chi connectivity index (χ1n) is 7.01. The molecule has 3 rings (SSSR count). The SMILES string of the molecule is CSCc1c(C(=O)c2cnoc2C2CC2)ccc(Cl)c1SC. The van der Waals surface area contributed by atoms with Crippen LogP contribution in [-0.2, 0) is 5.75 Å². The van der Waals surface area contributed by atoms with Crippen molar-refractivity contribution < 1.29 is 9.32 Å². The predicted molar refractivity (Wildman–Crippen MR) is 92.4 cm³/mol. The Morgan fingerprint density at radius 3 is 2.77 bits per heavy atom. The number of rotatable bonds is 6. The molecule has 0 spiro atoms. The zero-order valence-electron chi connectivity index (χ0n) is 12.4. The van der Waals surface area contributed by atoms with E-state index in [1.807, 2.05) is 18.6 Å². The van der Waals surface area contributed by atoms with Gasteiger partial charge in [-0.25, -0.2) is 0 Å². The lowest BCUT2D eigenvalue weighted by atomic mass is 9.98. The van der Waals surface area contributed by atoms with Crippen molar-refractivity contribution in [3.8, 4) is 0 Å². The van der Waals surface area contributed by atoms with Crippen LogP contribution in [0.1, 0.15) is 46.0 Å². The first-order valence-corrected chi connectivity index (χ1v) is 10.0. The number of benzene rings is 1. The van der Waals surface area contributed by atoms with Crippen molar-refractivity contribution in [1.29, 1.82) is 0 Å². The van der Waals surface area contributed by atoms with E-state index in [0.29, 0.717) is 22.1 Å². The minimum Gasteiger partial charge on any atom is -0.360 e. The molecule has 116 valence electrons. The number of carbonyl (C=O) groups excluding carboxylic acids is 1. The van der Waals surface area contributed by atoms with Crippen LogP contribution in [-0.4, -0.2) is 23.5 Å². The first-order chi connectivity index (χ1) is 10.7. The monoisotopic (exact) mass is 353 g/mol. The summed E-state index contributed by atoms with van der Waals surface area (Å²) in [5.74, 6) is 1.83. The molecule has 3 nitrogen and oxygen atoms in total. The number of hydrogen-bond acceptors (Lipinski definition) is 5. The minimum atomic E-state index is -0.0147. The third-order valence-electron chi connectivity index (χ3n) is 3.74. The summed E-state index contributed by atoms with van der Waals surface area (Å²) in [4.78, 5) is 14.0. The molecule has 0 aliphatic heterocycles. The highest BCUT2D eigenvalue weighted by atomic mass is 35.5. The zero-order chi connectivity index (χ0) is 15.7. The van der Waals surface area contributed by atoms with Gasteiger partial charge in [0.25, 0.3) is 0 Å². The summed E-state index contributed by atoms with van der Waals surface area (Å²) in [6.07, 6.45) is 7.70. The molecule has 1 aromatic carbocycles. The van der Waals surface area contributed by atoms with Crippen molar-refractivity contribution in [3.05, 3.63) is 45.8 Å². The maximum atomic E-state index is 13.0. The van der Waals surface area contributed by atoms with E-state index in [0.717, 1.165) is 34.8 Å². The highest BCUT2D eigenvalue weighted by Crippen LogP contribution is 2.42. The van der Waals surface area contributed by atoms with E-state index in [1.54, 1.807) is 35.8 Å². The van der Waals surface area contributed by atoms with Gasteiger partial charge in [-0.05, 0) is 43.0 Å². The van der Waals surface area contributed by atoms with Gasteiger partial charge in [0.1, 0.15) is 0 Å². The van der Waals surface area contributed by atoms with Gasteiger partial charge in [0.15, 0.2) is 11.5 Å². The second kappa shape index (κ2) is 6.69. The van der Waals surface area contributed by atoms with Gasteiger partial charge < -0.3 is 4.52 Å². The minimum absolute atomic E-state index is 0.0147. The van der Waals surface area contributed by atoms with Crippen LogP contribution in [0.4, 0.5) is 0 Å². The fourth-order valence-electron chi connectivity index (χ4n) is 2.52. The van der Waals surface area contributed by atoms with E-state index in [2.05, 4.69) is 5.16 Å². The molecule has 0 amide bonds. The van der Waals surface area contributed by atoms with Crippen LogP contribution in [0.5, 0.6) is 0 Å². The standard InChI is InChI=1S/C16H16ClNO2S2/c1-21-8-12-10(5-6-13(17)16(12)22-2)14(19)11-7-18-20-15(11)9-3-4-9/h5-7,9H,3-4,8H2,1-2H3. The molecule has 0 atom stereocenters. The van der Waals surface area contributed by atoms with Crippen molar-refractivity contribution in [2.45, 2.75) is 29.4 Å². The maximum Gasteiger partial charge on any atom is 0.198 e. The molecule has 1 aromatic heterocycles. The van der Waals surface area contributed by atoms with Gasteiger partial charge >= 0.3 is 0 Å². The third kappa shape index (κ3) is 2.94. The Labute approximate surface area is 143 Å². The Morgan fingerprint density at radius 2 is 2.14 bits per heavy atom. The third-order valence-corrected chi connectivity index (χ3v) is 5.62. The molecule has 22 heavy (non-hydrogen) atoms. The Morgan fingerprint density at radius 1 is 1.36 bits per heavy atom. The Kier molecular flexibility index (Phi) is 4.85. The Balaban J connectivity index is 2.06. The summed E-state index contributed by atoms with van der Waals surface area (Å²) in [5, 5.41) is 4.53.